The first-order valence-corrected chi connectivity index (χ1v) is 4.58. The zero-order valence-corrected chi connectivity index (χ0v) is 11.0. The van der Waals surface area contributed by atoms with Gasteiger partial charge in [0.05, 0.1) is 0 Å². The monoisotopic (exact) mass is 381 g/mol. The molecule has 0 atom stereocenters. The first-order chi connectivity index (χ1) is 6.74. The molecule has 0 aromatic carbocycles. The van der Waals surface area contributed by atoms with E-state index in [4.69, 9.17) is 0 Å². The van der Waals surface area contributed by atoms with Gasteiger partial charge in [0.25, 0.3) is 0 Å². The Bertz CT molecular complexity index is 490. The van der Waals surface area contributed by atoms with Crippen LogP contribution in [0.1, 0.15) is 0 Å². The number of imidazole rings is 2. The van der Waals surface area contributed by atoms with Gasteiger partial charge in [0.1, 0.15) is 0 Å². The summed E-state index contributed by atoms with van der Waals surface area (Å²) in [5.41, 5.74) is 2.38. The standard InChI is InChI=1S/C10H12N4.Ir/c1-11-5-9-3-4-10-6-12(2)8-14(10)13(9)7-11;/h3-8H,1-2H3;/q-2;. The topological polar surface area (TPSA) is 19.7 Å². The first kappa shape index (κ1) is 10.3. The van der Waals surface area contributed by atoms with Gasteiger partial charge in [-0.15, -0.1) is 24.5 Å². The van der Waals surface area contributed by atoms with E-state index in [-0.39, 0.29) is 20.1 Å². The molecule has 0 aliphatic carbocycles. The number of nitrogens with zero attached hydrogens (tertiary/aromatic N) is 4. The Labute approximate surface area is 101 Å². The molecule has 0 saturated carbocycles. The van der Waals surface area contributed by atoms with E-state index in [0.29, 0.717) is 0 Å². The number of fused-ring (bicyclic) bond motifs is 3. The molecule has 0 saturated heterocycles. The van der Waals surface area contributed by atoms with Crippen LogP contribution in [0.4, 0.5) is 0 Å². The van der Waals surface area contributed by atoms with E-state index in [2.05, 4.69) is 55.7 Å². The Balaban J connectivity index is 0.000000853. The maximum absolute atomic E-state index is 2.12. The summed E-state index contributed by atoms with van der Waals surface area (Å²) in [6.45, 7) is 0. The Morgan fingerprint density at radius 2 is 1.27 bits per heavy atom. The van der Waals surface area contributed by atoms with E-state index in [0.717, 1.165) is 0 Å². The normalized spacial score (nSPS) is 10.8. The summed E-state index contributed by atoms with van der Waals surface area (Å²) in [6, 6.07) is 4.24. The van der Waals surface area contributed by atoms with Gasteiger partial charge in [-0.1, -0.05) is 11.4 Å². The van der Waals surface area contributed by atoms with E-state index in [1.807, 2.05) is 14.1 Å². The van der Waals surface area contributed by atoms with Crippen molar-refractivity contribution in [2.75, 3.05) is 0 Å². The summed E-state index contributed by atoms with van der Waals surface area (Å²) >= 11 is 0. The predicted molar refractivity (Wildman–Crippen MR) is 54.2 cm³/mol. The average Bonchev–Trinajstić information content (AvgIpc) is 2.65. The van der Waals surface area contributed by atoms with Crippen LogP contribution in [-0.4, -0.2) is 18.5 Å². The van der Waals surface area contributed by atoms with Crippen LogP contribution in [0.25, 0.3) is 11.4 Å². The van der Waals surface area contributed by atoms with Crippen LogP contribution >= 0.6 is 0 Å². The second kappa shape index (κ2) is 3.43. The third-order valence-corrected chi connectivity index (χ3v) is 2.44. The van der Waals surface area contributed by atoms with E-state index in [9.17, 15) is 0 Å². The third kappa shape index (κ3) is 1.48. The zero-order valence-electron chi connectivity index (χ0n) is 8.59. The van der Waals surface area contributed by atoms with E-state index in [1.54, 1.807) is 0 Å². The second-order valence-corrected chi connectivity index (χ2v) is 3.69. The smallest absolute Gasteiger partial charge is 0 e. The molecule has 3 aliphatic rings. The molecule has 15 heavy (non-hydrogen) atoms. The third-order valence-electron chi connectivity index (χ3n) is 2.44. The predicted octanol–water partition coefficient (Wildman–Crippen LogP) is 1.38. The fourth-order valence-corrected chi connectivity index (χ4v) is 1.85. The van der Waals surface area contributed by atoms with Crippen LogP contribution in [0.2, 0.25) is 0 Å². The molecule has 0 amide bonds. The molecule has 0 aromatic rings. The van der Waals surface area contributed by atoms with Crippen LogP contribution in [0.5, 0.6) is 0 Å². The number of aromatic nitrogens is 4. The molecule has 5 heteroatoms. The van der Waals surface area contributed by atoms with Crippen molar-refractivity contribution in [2.45, 2.75) is 0 Å². The van der Waals surface area contributed by atoms with Gasteiger partial charge in [-0.25, -0.2) is 0 Å². The summed E-state index contributed by atoms with van der Waals surface area (Å²) in [6.07, 6.45) is 8.31. The Hall–Kier alpha value is -1.19. The largest absolute Gasteiger partial charge is 0.454 e. The van der Waals surface area contributed by atoms with Crippen LogP contribution < -0.4 is 0 Å². The molecule has 1 radical (unpaired) electrons. The van der Waals surface area contributed by atoms with Gasteiger partial charge >= 0.3 is 0 Å². The molecule has 0 spiro atoms. The fourth-order valence-electron chi connectivity index (χ4n) is 1.85. The molecule has 3 aliphatic heterocycles. The SMILES string of the molecule is Cn1cc2ccc3cn(C)[cH-]n-3n-2[cH-]1.[Ir]. The Morgan fingerprint density at radius 3 is 1.67 bits per heavy atom. The van der Waals surface area contributed by atoms with Crippen molar-refractivity contribution in [3.63, 3.8) is 0 Å². The number of rotatable bonds is 0. The van der Waals surface area contributed by atoms with Crippen LogP contribution in [0.15, 0.2) is 37.2 Å². The quantitative estimate of drug-likeness (QED) is 0.525. The summed E-state index contributed by atoms with van der Waals surface area (Å²) in [5, 5.41) is 0. The zero-order chi connectivity index (χ0) is 9.71. The van der Waals surface area contributed by atoms with Crippen LogP contribution in [0, 0.1) is 0 Å². The van der Waals surface area contributed by atoms with Gasteiger partial charge in [-0.05, 0) is 26.7 Å². The second-order valence-electron chi connectivity index (χ2n) is 3.69. The van der Waals surface area contributed by atoms with Gasteiger partial charge in [-0.3, -0.25) is 0 Å². The molecule has 83 valence electrons. The van der Waals surface area contributed by atoms with Crippen molar-refractivity contribution < 1.29 is 20.1 Å². The minimum absolute atomic E-state index is 0. The number of hydrogen-bond donors (Lipinski definition) is 0. The van der Waals surface area contributed by atoms with Crippen molar-refractivity contribution in [3.8, 4) is 11.4 Å². The van der Waals surface area contributed by atoms with Crippen molar-refractivity contribution >= 4 is 0 Å². The maximum atomic E-state index is 2.12. The van der Waals surface area contributed by atoms with Crippen LogP contribution in [-0.2, 0) is 34.2 Å². The molecule has 0 unspecified atom stereocenters. The minimum Gasteiger partial charge on any atom is -0.454 e. The molecule has 3 heterocycles. The van der Waals surface area contributed by atoms with E-state index >= 15 is 0 Å². The summed E-state index contributed by atoms with van der Waals surface area (Å²) in [7, 11) is 4.06. The van der Waals surface area contributed by atoms with Gasteiger partial charge < -0.3 is 18.5 Å². The Kier molecular flexibility index (Phi) is 2.36. The molecule has 0 bridgehead atoms. The van der Waals surface area contributed by atoms with Gasteiger partial charge in [0.2, 0.25) is 0 Å². The van der Waals surface area contributed by atoms with Gasteiger partial charge in [0.15, 0.2) is 0 Å². The Morgan fingerprint density at radius 1 is 0.867 bits per heavy atom. The molecular weight excluding hydrogens is 368 g/mol. The summed E-state index contributed by atoms with van der Waals surface area (Å²) in [5.74, 6) is 0. The molecular formula is C10H12IrN4-2. The van der Waals surface area contributed by atoms with Crippen molar-refractivity contribution in [2.24, 2.45) is 14.1 Å². The number of hydrogen-bond acceptors (Lipinski definition) is 0. The fraction of sp³-hybridized carbons (Fsp3) is 0.200. The minimum atomic E-state index is 0. The van der Waals surface area contributed by atoms with Crippen molar-refractivity contribution in [1.82, 2.24) is 18.5 Å². The van der Waals surface area contributed by atoms with Crippen molar-refractivity contribution in [1.29, 1.82) is 0 Å². The average molecular weight is 380 g/mol. The molecule has 0 aromatic heterocycles. The van der Waals surface area contributed by atoms with Crippen molar-refractivity contribution in [3.05, 3.63) is 37.2 Å². The molecule has 4 nitrogen and oxygen atoms in total. The summed E-state index contributed by atoms with van der Waals surface area (Å²) in [4.78, 5) is 0. The first-order valence-electron chi connectivity index (χ1n) is 4.58. The molecule has 3 rings (SSSR count). The van der Waals surface area contributed by atoms with E-state index in [1.165, 1.54) is 11.4 Å². The maximum Gasteiger partial charge on any atom is 0 e. The van der Waals surface area contributed by atoms with Gasteiger partial charge in [0, 0.05) is 20.1 Å². The van der Waals surface area contributed by atoms with Gasteiger partial charge in [-0.2, -0.15) is 0 Å². The molecule has 0 fully saturated rings. The number of aryl methyl sites for hydroxylation is 2. The summed E-state index contributed by atoms with van der Waals surface area (Å²) < 4.78 is 8.34. The van der Waals surface area contributed by atoms with E-state index < -0.39 is 0 Å². The van der Waals surface area contributed by atoms with Crippen LogP contribution in [0.3, 0.4) is 0 Å². The molecule has 0 N–H and O–H groups in total.